The zero-order valence-corrected chi connectivity index (χ0v) is 12.0. The average Bonchev–Trinajstić information content (AvgIpc) is 2.87. The van der Waals surface area contributed by atoms with Crippen LogP contribution in [0.15, 0.2) is 18.2 Å². The van der Waals surface area contributed by atoms with Crippen LogP contribution in [-0.4, -0.2) is 45.6 Å². The van der Waals surface area contributed by atoms with Gasteiger partial charge in [0.25, 0.3) is 0 Å². The van der Waals surface area contributed by atoms with Crippen molar-refractivity contribution in [2.75, 3.05) is 18.4 Å². The molecule has 1 aromatic carbocycles. The fraction of sp³-hybridized carbons (Fsp3) is 0.462. The highest BCUT2D eigenvalue weighted by Crippen LogP contribution is 2.14. The Kier molecular flexibility index (Phi) is 4.52. The zero-order chi connectivity index (χ0) is 14.5. The zero-order valence-electron chi connectivity index (χ0n) is 12.0. The van der Waals surface area contributed by atoms with Crippen molar-refractivity contribution in [1.29, 1.82) is 0 Å². The summed E-state index contributed by atoms with van der Waals surface area (Å²) in [5.74, 6) is 0. The van der Waals surface area contributed by atoms with Gasteiger partial charge in [0.15, 0.2) is 0 Å². The highest BCUT2D eigenvalue weighted by molar-refractivity contribution is 5.91. The SMILES string of the molecule is CCN(CC)C(C)NC(=O)Nc1ccc2n[nH]nc2c1. The normalized spacial score (nSPS) is 12.6. The van der Waals surface area contributed by atoms with E-state index in [2.05, 4.69) is 44.8 Å². The predicted octanol–water partition coefficient (Wildman–Crippen LogP) is 1.77. The molecule has 2 rings (SSSR count). The van der Waals surface area contributed by atoms with Gasteiger partial charge in [-0.05, 0) is 38.2 Å². The topological polar surface area (TPSA) is 85.9 Å². The van der Waals surface area contributed by atoms with E-state index in [-0.39, 0.29) is 12.2 Å². The number of rotatable bonds is 5. The maximum Gasteiger partial charge on any atom is 0.320 e. The lowest BCUT2D eigenvalue weighted by Gasteiger charge is -2.27. The van der Waals surface area contributed by atoms with Crippen molar-refractivity contribution < 1.29 is 4.79 Å². The van der Waals surface area contributed by atoms with Crippen LogP contribution < -0.4 is 10.6 Å². The second-order valence-corrected chi connectivity index (χ2v) is 4.52. The molecule has 0 radical (unpaired) electrons. The Hall–Kier alpha value is -2.15. The molecule has 2 aromatic rings. The van der Waals surface area contributed by atoms with Crippen molar-refractivity contribution in [2.45, 2.75) is 26.9 Å². The Morgan fingerprint density at radius 2 is 2.00 bits per heavy atom. The van der Waals surface area contributed by atoms with Crippen molar-refractivity contribution in [3.8, 4) is 0 Å². The molecule has 0 aliphatic heterocycles. The van der Waals surface area contributed by atoms with E-state index >= 15 is 0 Å². The number of nitrogens with zero attached hydrogens (tertiary/aromatic N) is 3. The van der Waals surface area contributed by atoms with E-state index in [1.165, 1.54) is 0 Å². The molecule has 3 N–H and O–H groups in total. The number of aromatic nitrogens is 3. The van der Waals surface area contributed by atoms with Gasteiger partial charge in [-0.3, -0.25) is 4.90 Å². The number of fused-ring (bicyclic) bond motifs is 1. The third-order valence-electron chi connectivity index (χ3n) is 3.27. The predicted molar refractivity (Wildman–Crippen MR) is 78.4 cm³/mol. The monoisotopic (exact) mass is 276 g/mol. The summed E-state index contributed by atoms with van der Waals surface area (Å²) < 4.78 is 0. The number of carbonyl (C=O) groups is 1. The van der Waals surface area contributed by atoms with Gasteiger partial charge in [-0.15, -0.1) is 0 Å². The summed E-state index contributed by atoms with van der Waals surface area (Å²) in [4.78, 5) is 14.1. The third kappa shape index (κ3) is 3.24. The minimum Gasteiger partial charge on any atom is -0.323 e. The molecule has 0 saturated carbocycles. The van der Waals surface area contributed by atoms with Gasteiger partial charge in [-0.2, -0.15) is 15.4 Å². The van der Waals surface area contributed by atoms with E-state index in [9.17, 15) is 4.79 Å². The molecule has 2 amide bonds. The maximum absolute atomic E-state index is 11.9. The highest BCUT2D eigenvalue weighted by Gasteiger charge is 2.12. The highest BCUT2D eigenvalue weighted by atomic mass is 16.2. The smallest absolute Gasteiger partial charge is 0.320 e. The Labute approximate surface area is 117 Å². The summed E-state index contributed by atoms with van der Waals surface area (Å²) in [6, 6.07) is 5.15. The Bertz CT molecular complexity index is 577. The summed E-state index contributed by atoms with van der Waals surface area (Å²) >= 11 is 0. The van der Waals surface area contributed by atoms with Gasteiger partial charge in [0, 0.05) is 5.69 Å². The maximum atomic E-state index is 11.9. The number of urea groups is 1. The number of hydrogen-bond acceptors (Lipinski definition) is 4. The van der Waals surface area contributed by atoms with E-state index in [1.54, 1.807) is 12.1 Å². The van der Waals surface area contributed by atoms with Gasteiger partial charge >= 0.3 is 6.03 Å². The van der Waals surface area contributed by atoms with E-state index in [1.807, 2.05) is 13.0 Å². The van der Waals surface area contributed by atoms with Crippen LogP contribution in [0, 0.1) is 0 Å². The van der Waals surface area contributed by atoms with Crippen LogP contribution in [0.1, 0.15) is 20.8 Å². The van der Waals surface area contributed by atoms with Crippen LogP contribution in [0.2, 0.25) is 0 Å². The van der Waals surface area contributed by atoms with Crippen molar-refractivity contribution in [1.82, 2.24) is 25.6 Å². The largest absolute Gasteiger partial charge is 0.323 e. The van der Waals surface area contributed by atoms with Gasteiger partial charge in [0.05, 0.1) is 6.17 Å². The molecule has 7 heteroatoms. The molecule has 0 saturated heterocycles. The number of benzene rings is 1. The molecule has 1 aromatic heterocycles. The van der Waals surface area contributed by atoms with E-state index < -0.39 is 0 Å². The molecule has 0 aliphatic carbocycles. The second kappa shape index (κ2) is 6.33. The quantitative estimate of drug-likeness (QED) is 0.726. The van der Waals surface area contributed by atoms with Crippen molar-refractivity contribution in [3.05, 3.63) is 18.2 Å². The standard InChI is InChI=1S/C13H20N6O/c1-4-19(5-2)9(3)14-13(20)15-10-6-7-11-12(8-10)17-18-16-11/h6-9H,4-5H2,1-3H3,(H2,14,15,20)(H,16,17,18). The van der Waals surface area contributed by atoms with Gasteiger partial charge in [0.2, 0.25) is 0 Å². The fourth-order valence-corrected chi connectivity index (χ4v) is 2.14. The summed E-state index contributed by atoms with van der Waals surface area (Å²) in [7, 11) is 0. The fourth-order valence-electron chi connectivity index (χ4n) is 2.14. The second-order valence-electron chi connectivity index (χ2n) is 4.52. The Morgan fingerprint density at radius 1 is 1.30 bits per heavy atom. The minimum absolute atomic E-state index is 0.0132. The first kappa shape index (κ1) is 14.3. The van der Waals surface area contributed by atoms with Crippen molar-refractivity contribution in [3.63, 3.8) is 0 Å². The number of amides is 2. The molecule has 20 heavy (non-hydrogen) atoms. The minimum atomic E-state index is -0.229. The van der Waals surface area contributed by atoms with E-state index in [0.717, 1.165) is 24.1 Å². The van der Waals surface area contributed by atoms with Crippen LogP contribution >= 0.6 is 0 Å². The molecule has 0 spiro atoms. The Balaban J connectivity index is 1.96. The molecule has 108 valence electrons. The molecule has 1 atom stereocenters. The van der Waals surface area contributed by atoms with Gasteiger partial charge < -0.3 is 10.6 Å². The van der Waals surface area contributed by atoms with Crippen molar-refractivity contribution >= 4 is 22.8 Å². The van der Waals surface area contributed by atoms with Crippen LogP contribution in [-0.2, 0) is 0 Å². The molecular formula is C13H20N6O. The summed E-state index contributed by atoms with van der Waals surface area (Å²) in [6.45, 7) is 7.88. The molecular weight excluding hydrogens is 256 g/mol. The summed E-state index contributed by atoms with van der Waals surface area (Å²) in [5.41, 5.74) is 2.18. The molecule has 0 aliphatic rings. The summed E-state index contributed by atoms with van der Waals surface area (Å²) in [5, 5.41) is 16.2. The number of carbonyl (C=O) groups excluding carboxylic acids is 1. The molecule has 7 nitrogen and oxygen atoms in total. The van der Waals surface area contributed by atoms with Gasteiger partial charge in [-0.1, -0.05) is 13.8 Å². The lowest BCUT2D eigenvalue weighted by Crippen LogP contribution is -2.47. The molecule has 0 fully saturated rings. The Morgan fingerprint density at radius 3 is 2.70 bits per heavy atom. The van der Waals surface area contributed by atoms with E-state index in [4.69, 9.17) is 0 Å². The lowest BCUT2D eigenvalue weighted by molar-refractivity contribution is 0.194. The van der Waals surface area contributed by atoms with Gasteiger partial charge in [-0.25, -0.2) is 4.79 Å². The molecule has 1 unspecified atom stereocenters. The average molecular weight is 276 g/mol. The van der Waals surface area contributed by atoms with E-state index in [0.29, 0.717) is 5.69 Å². The molecule has 1 heterocycles. The van der Waals surface area contributed by atoms with Crippen LogP contribution in [0.25, 0.3) is 11.0 Å². The summed E-state index contributed by atoms with van der Waals surface area (Å²) in [6.07, 6.45) is -0.0132. The third-order valence-corrected chi connectivity index (χ3v) is 3.27. The van der Waals surface area contributed by atoms with Crippen LogP contribution in [0.3, 0.4) is 0 Å². The van der Waals surface area contributed by atoms with Gasteiger partial charge in [0.1, 0.15) is 11.0 Å². The number of hydrogen-bond donors (Lipinski definition) is 3. The number of H-pyrrole nitrogens is 1. The first-order valence-electron chi connectivity index (χ1n) is 6.76. The first-order chi connectivity index (χ1) is 9.63. The number of aromatic amines is 1. The van der Waals surface area contributed by atoms with Crippen LogP contribution in [0.5, 0.6) is 0 Å². The first-order valence-corrected chi connectivity index (χ1v) is 6.76. The van der Waals surface area contributed by atoms with Crippen molar-refractivity contribution in [2.24, 2.45) is 0 Å². The molecule has 0 bridgehead atoms. The number of anilines is 1. The van der Waals surface area contributed by atoms with Crippen LogP contribution in [0.4, 0.5) is 10.5 Å². The number of nitrogens with one attached hydrogen (secondary N) is 3. The lowest BCUT2D eigenvalue weighted by atomic mass is 10.3.